The molecule has 0 amide bonds. The van der Waals surface area contributed by atoms with E-state index in [0.29, 0.717) is 17.1 Å². The van der Waals surface area contributed by atoms with E-state index in [1.807, 2.05) is 25.3 Å². The molecule has 0 atom stereocenters. The highest BCUT2D eigenvalue weighted by Gasteiger charge is 2.13. The number of nitrogen functional groups attached to an aromatic ring is 1. The van der Waals surface area contributed by atoms with Crippen LogP contribution in [0.5, 0.6) is 0 Å². The summed E-state index contributed by atoms with van der Waals surface area (Å²) >= 11 is 0. The molecule has 6 heteroatoms. The van der Waals surface area contributed by atoms with Crippen molar-refractivity contribution in [2.45, 2.75) is 6.92 Å². The number of hydrogen-bond donors (Lipinski definition) is 2. The lowest BCUT2D eigenvalue weighted by Gasteiger charge is -2.09. The summed E-state index contributed by atoms with van der Waals surface area (Å²) in [6, 6.07) is 10.2. The van der Waals surface area contributed by atoms with Crippen LogP contribution in [0.2, 0.25) is 0 Å². The van der Waals surface area contributed by atoms with Crippen molar-refractivity contribution in [2.75, 3.05) is 5.73 Å². The van der Waals surface area contributed by atoms with Gasteiger partial charge in [0, 0.05) is 40.3 Å². The van der Waals surface area contributed by atoms with Gasteiger partial charge in [0.25, 0.3) is 0 Å². The van der Waals surface area contributed by atoms with E-state index in [9.17, 15) is 4.39 Å². The SMILES string of the molecule is Cc1ccc(F)c(-c2cc(-c3ncc4cc[nH]c4n3)ccc2N)n1. The first-order valence-electron chi connectivity index (χ1n) is 7.45. The zero-order valence-electron chi connectivity index (χ0n) is 12.9. The maximum atomic E-state index is 14.2. The number of benzene rings is 1. The molecule has 3 aromatic heterocycles. The van der Waals surface area contributed by atoms with Gasteiger partial charge in [-0.3, -0.25) is 0 Å². The summed E-state index contributed by atoms with van der Waals surface area (Å²) in [5, 5.41) is 0.931. The number of aromatic amines is 1. The van der Waals surface area contributed by atoms with Gasteiger partial charge < -0.3 is 10.7 Å². The summed E-state index contributed by atoms with van der Waals surface area (Å²) in [6.07, 6.45) is 3.55. The molecule has 0 aliphatic carbocycles. The van der Waals surface area contributed by atoms with E-state index in [0.717, 1.165) is 22.3 Å². The summed E-state index contributed by atoms with van der Waals surface area (Å²) in [5.74, 6) is 0.129. The standard InChI is InChI=1S/C18H14FN5/c1-10-2-4-14(19)16(23-10)13-8-11(3-5-15(13)20)17-22-9-12-6-7-21-18(12)24-17/h2-9H,20H2,1H3,(H,21,22,24). The quantitative estimate of drug-likeness (QED) is 0.552. The molecular weight excluding hydrogens is 305 g/mol. The number of aromatic nitrogens is 4. The average Bonchev–Trinajstić information content (AvgIpc) is 3.05. The normalized spacial score (nSPS) is 11.1. The van der Waals surface area contributed by atoms with Crippen LogP contribution >= 0.6 is 0 Å². The molecule has 0 bridgehead atoms. The van der Waals surface area contributed by atoms with E-state index in [-0.39, 0.29) is 5.69 Å². The summed E-state index contributed by atoms with van der Waals surface area (Å²) in [6.45, 7) is 1.81. The van der Waals surface area contributed by atoms with Crippen LogP contribution in [0.15, 0.2) is 48.8 Å². The molecule has 118 valence electrons. The highest BCUT2D eigenvalue weighted by molar-refractivity contribution is 5.81. The van der Waals surface area contributed by atoms with Crippen LogP contribution in [0, 0.1) is 12.7 Å². The maximum Gasteiger partial charge on any atom is 0.161 e. The molecule has 0 unspecified atom stereocenters. The van der Waals surface area contributed by atoms with E-state index < -0.39 is 5.82 Å². The Morgan fingerprint density at radius 3 is 2.83 bits per heavy atom. The fourth-order valence-electron chi connectivity index (χ4n) is 2.61. The first kappa shape index (κ1) is 14.3. The summed E-state index contributed by atoms with van der Waals surface area (Å²) in [4.78, 5) is 16.2. The lowest BCUT2D eigenvalue weighted by Crippen LogP contribution is -1.98. The zero-order valence-corrected chi connectivity index (χ0v) is 12.9. The number of fused-ring (bicyclic) bond motifs is 1. The Balaban J connectivity index is 1.88. The molecule has 4 rings (SSSR count). The number of hydrogen-bond acceptors (Lipinski definition) is 4. The van der Waals surface area contributed by atoms with Crippen LogP contribution in [0.1, 0.15) is 5.69 Å². The lowest BCUT2D eigenvalue weighted by atomic mass is 10.0. The first-order chi connectivity index (χ1) is 11.6. The third kappa shape index (κ3) is 2.38. The van der Waals surface area contributed by atoms with Gasteiger partial charge in [-0.2, -0.15) is 0 Å². The van der Waals surface area contributed by atoms with Gasteiger partial charge in [-0.1, -0.05) is 0 Å². The molecule has 4 aromatic rings. The average molecular weight is 319 g/mol. The number of H-pyrrole nitrogens is 1. The van der Waals surface area contributed by atoms with Crippen LogP contribution < -0.4 is 5.73 Å². The molecule has 24 heavy (non-hydrogen) atoms. The molecular formula is C18H14FN5. The number of aryl methyl sites for hydroxylation is 1. The number of pyridine rings is 1. The number of halogens is 1. The third-order valence-electron chi connectivity index (χ3n) is 3.85. The Labute approximate surface area is 137 Å². The Hall–Kier alpha value is -3.28. The maximum absolute atomic E-state index is 14.2. The van der Waals surface area contributed by atoms with Crippen LogP contribution in [0.3, 0.4) is 0 Å². The molecule has 0 fully saturated rings. The fraction of sp³-hybridized carbons (Fsp3) is 0.0556. The predicted octanol–water partition coefficient (Wildman–Crippen LogP) is 3.72. The number of anilines is 1. The van der Waals surface area contributed by atoms with Crippen LogP contribution in [0.4, 0.5) is 10.1 Å². The van der Waals surface area contributed by atoms with Gasteiger partial charge in [-0.05, 0) is 43.3 Å². The number of nitrogens with two attached hydrogens (primary N) is 1. The third-order valence-corrected chi connectivity index (χ3v) is 3.85. The van der Waals surface area contributed by atoms with E-state index in [1.165, 1.54) is 6.07 Å². The molecule has 5 nitrogen and oxygen atoms in total. The van der Waals surface area contributed by atoms with Crippen LogP contribution in [0.25, 0.3) is 33.7 Å². The van der Waals surface area contributed by atoms with E-state index in [4.69, 9.17) is 5.73 Å². The van der Waals surface area contributed by atoms with Crippen molar-refractivity contribution in [1.29, 1.82) is 0 Å². The van der Waals surface area contributed by atoms with Crippen molar-refractivity contribution >= 4 is 16.7 Å². The van der Waals surface area contributed by atoms with Crippen LogP contribution in [-0.4, -0.2) is 19.9 Å². The monoisotopic (exact) mass is 319 g/mol. The van der Waals surface area contributed by atoms with Crippen molar-refractivity contribution in [2.24, 2.45) is 0 Å². The second-order valence-electron chi connectivity index (χ2n) is 5.56. The second-order valence-corrected chi connectivity index (χ2v) is 5.56. The molecule has 0 saturated heterocycles. The van der Waals surface area contributed by atoms with E-state index in [2.05, 4.69) is 19.9 Å². The van der Waals surface area contributed by atoms with Gasteiger partial charge in [-0.25, -0.2) is 19.3 Å². The minimum atomic E-state index is -0.412. The molecule has 3 N–H and O–H groups in total. The largest absolute Gasteiger partial charge is 0.398 e. The Morgan fingerprint density at radius 2 is 1.96 bits per heavy atom. The highest BCUT2D eigenvalue weighted by atomic mass is 19.1. The molecule has 0 saturated carbocycles. The minimum Gasteiger partial charge on any atom is -0.398 e. The van der Waals surface area contributed by atoms with Gasteiger partial charge in [-0.15, -0.1) is 0 Å². The summed E-state index contributed by atoms with van der Waals surface area (Å²) in [5.41, 5.74) is 9.48. The van der Waals surface area contributed by atoms with E-state index in [1.54, 1.807) is 24.4 Å². The summed E-state index contributed by atoms with van der Waals surface area (Å²) < 4.78 is 14.2. The molecule has 0 spiro atoms. The first-order valence-corrected chi connectivity index (χ1v) is 7.45. The Kier molecular flexibility index (Phi) is 3.23. The van der Waals surface area contributed by atoms with Crippen LogP contribution in [-0.2, 0) is 0 Å². The number of rotatable bonds is 2. The lowest BCUT2D eigenvalue weighted by molar-refractivity contribution is 0.625. The Morgan fingerprint density at radius 1 is 1.08 bits per heavy atom. The highest BCUT2D eigenvalue weighted by Crippen LogP contribution is 2.31. The Bertz CT molecular complexity index is 1050. The van der Waals surface area contributed by atoms with Gasteiger partial charge in [0.15, 0.2) is 5.82 Å². The minimum absolute atomic E-state index is 0.232. The predicted molar refractivity (Wildman–Crippen MR) is 91.7 cm³/mol. The molecule has 0 aliphatic rings. The van der Waals surface area contributed by atoms with Crippen molar-refractivity contribution in [3.63, 3.8) is 0 Å². The smallest absolute Gasteiger partial charge is 0.161 e. The summed E-state index contributed by atoms with van der Waals surface area (Å²) in [7, 11) is 0. The van der Waals surface area contributed by atoms with Crippen molar-refractivity contribution in [1.82, 2.24) is 19.9 Å². The van der Waals surface area contributed by atoms with E-state index >= 15 is 0 Å². The second kappa shape index (κ2) is 5.42. The molecule has 3 heterocycles. The number of nitrogens with one attached hydrogen (secondary N) is 1. The fourth-order valence-corrected chi connectivity index (χ4v) is 2.61. The molecule has 0 aliphatic heterocycles. The van der Waals surface area contributed by atoms with Gasteiger partial charge in [0.1, 0.15) is 17.2 Å². The van der Waals surface area contributed by atoms with Crippen molar-refractivity contribution in [3.05, 3.63) is 60.3 Å². The van der Waals surface area contributed by atoms with Gasteiger partial charge >= 0.3 is 0 Å². The number of nitrogens with zero attached hydrogens (tertiary/aromatic N) is 3. The van der Waals surface area contributed by atoms with Crippen molar-refractivity contribution in [3.8, 4) is 22.6 Å². The van der Waals surface area contributed by atoms with Gasteiger partial charge in [0.05, 0.1) is 0 Å². The molecule has 0 radical (unpaired) electrons. The van der Waals surface area contributed by atoms with Gasteiger partial charge in [0.2, 0.25) is 0 Å². The molecule has 1 aromatic carbocycles. The zero-order chi connectivity index (χ0) is 16.7. The van der Waals surface area contributed by atoms with Crippen molar-refractivity contribution < 1.29 is 4.39 Å². The topological polar surface area (TPSA) is 80.5 Å².